The van der Waals surface area contributed by atoms with E-state index in [0.29, 0.717) is 12.2 Å². The molecule has 1 saturated heterocycles. The molecule has 0 spiro atoms. The highest BCUT2D eigenvalue weighted by Gasteiger charge is 2.18. The summed E-state index contributed by atoms with van der Waals surface area (Å²) in [5, 5.41) is 14.3. The first-order valence-corrected chi connectivity index (χ1v) is 7.85. The molecule has 1 aliphatic heterocycles. The van der Waals surface area contributed by atoms with Gasteiger partial charge >= 0.3 is 0 Å². The molecule has 1 fully saturated rings. The zero-order valence-corrected chi connectivity index (χ0v) is 12.5. The highest BCUT2D eigenvalue weighted by atomic mass is 16.3. The molecule has 2 rings (SSSR count). The molecule has 1 aliphatic rings. The van der Waals surface area contributed by atoms with Crippen molar-refractivity contribution in [2.75, 3.05) is 25.4 Å². The molecule has 5 nitrogen and oxygen atoms in total. The summed E-state index contributed by atoms with van der Waals surface area (Å²) in [6, 6.07) is 0. The summed E-state index contributed by atoms with van der Waals surface area (Å²) in [6.45, 7) is 5.74. The Morgan fingerprint density at radius 3 is 2.95 bits per heavy atom. The number of likely N-dealkylation sites (tertiary alicyclic amines) is 1. The number of hydrogen-bond acceptors (Lipinski definition) is 4. The first kappa shape index (κ1) is 15.3. The van der Waals surface area contributed by atoms with Crippen LogP contribution in [0.1, 0.15) is 39.0 Å². The first-order valence-electron chi connectivity index (χ1n) is 7.85. The van der Waals surface area contributed by atoms with Crippen molar-refractivity contribution in [3.63, 3.8) is 0 Å². The molecule has 5 heteroatoms. The van der Waals surface area contributed by atoms with Gasteiger partial charge in [0.15, 0.2) is 0 Å². The minimum Gasteiger partial charge on any atom is -0.396 e. The van der Waals surface area contributed by atoms with Crippen LogP contribution >= 0.6 is 0 Å². The molecule has 2 atom stereocenters. The van der Waals surface area contributed by atoms with Crippen LogP contribution in [0.4, 0.5) is 5.69 Å². The van der Waals surface area contributed by atoms with E-state index in [0.717, 1.165) is 25.6 Å². The van der Waals surface area contributed by atoms with E-state index in [2.05, 4.69) is 16.9 Å². The van der Waals surface area contributed by atoms with Gasteiger partial charge in [0.2, 0.25) is 0 Å². The van der Waals surface area contributed by atoms with Crippen LogP contribution in [0.3, 0.4) is 0 Å². The lowest BCUT2D eigenvalue weighted by molar-refractivity contribution is 0.0959. The Hall–Kier alpha value is -1.07. The lowest BCUT2D eigenvalue weighted by Crippen LogP contribution is -2.35. The minimum absolute atomic E-state index is 0.378. The topological polar surface area (TPSA) is 67.3 Å². The molecular weight excluding hydrogens is 252 g/mol. The Bertz CT molecular complexity index is 393. The second kappa shape index (κ2) is 7.64. The number of nitrogen functional groups attached to an aromatic ring is 1. The summed E-state index contributed by atoms with van der Waals surface area (Å²) in [6.07, 6.45) is 9.52. The molecule has 2 heterocycles. The van der Waals surface area contributed by atoms with Gasteiger partial charge in [-0.2, -0.15) is 5.10 Å². The average molecular weight is 280 g/mol. The van der Waals surface area contributed by atoms with Gasteiger partial charge in [0.25, 0.3) is 0 Å². The van der Waals surface area contributed by atoms with Crippen LogP contribution < -0.4 is 5.73 Å². The van der Waals surface area contributed by atoms with Crippen LogP contribution in [0.2, 0.25) is 0 Å². The highest BCUT2D eigenvalue weighted by molar-refractivity contribution is 5.30. The fraction of sp³-hybridized carbons (Fsp3) is 0.800. The van der Waals surface area contributed by atoms with E-state index in [1.165, 1.54) is 32.1 Å². The van der Waals surface area contributed by atoms with Crippen LogP contribution in [-0.2, 0) is 6.54 Å². The van der Waals surface area contributed by atoms with Crippen molar-refractivity contribution >= 4 is 5.69 Å². The molecule has 114 valence electrons. The van der Waals surface area contributed by atoms with E-state index in [4.69, 9.17) is 5.73 Å². The number of aliphatic hydroxyl groups is 1. The highest BCUT2D eigenvalue weighted by Crippen LogP contribution is 2.22. The van der Waals surface area contributed by atoms with Crippen molar-refractivity contribution in [3.8, 4) is 0 Å². The van der Waals surface area contributed by atoms with Gasteiger partial charge in [-0.3, -0.25) is 4.68 Å². The van der Waals surface area contributed by atoms with Crippen LogP contribution in [0, 0.1) is 5.92 Å². The molecule has 3 N–H and O–H groups in total. The molecule has 1 aromatic heterocycles. The van der Waals surface area contributed by atoms with Crippen molar-refractivity contribution in [2.45, 2.75) is 51.7 Å². The number of anilines is 1. The quantitative estimate of drug-likeness (QED) is 0.833. The van der Waals surface area contributed by atoms with E-state index in [1.807, 2.05) is 0 Å². The minimum atomic E-state index is -0.378. The fourth-order valence-corrected chi connectivity index (χ4v) is 3.16. The van der Waals surface area contributed by atoms with E-state index < -0.39 is 0 Å². The normalized spacial score (nSPS) is 22.6. The second-order valence-electron chi connectivity index (χ2n) is 6.04. The number of aromatic nitrogens is 2. The largest absolute Gasteiger partial charge is 0.396 e. The van der Waals surface area contributed by atoms with Crippen LogP contribution in [0.5, 0.6) is 0 Å². The molecule has 0 aromatic carbocycles. The molecule has 0 aliphatic carbocycles. The predicted octanol–water partition coefficient (Wildman–Crippen LogP) is 1.73. The summed E-state index contributed by atoms with van der Waals surface area (Å²) in [5.41, 5.74) is 6.28. The Balaban J connectivity index is 1.75. The number of nitrogens with zero attached hydrogens (tertiary/aromatic N) is 3. The van der Waals surface area contributed by atoms with Crippen molar-refractivity contribution in [1.29, 1.82) is 0 Å². The summed E-state index contributed by atoms with van der Waals surface area (Å²) >= 11 is 0. The summed E-state index contributed by atoms with van der Waals surface area (Å²) < 4.78 is 1.72. The number of rotatable bonds is 6. The zero-order chi connectivity index (χ0) is 14.4. The predicted molar refractivity (Wildman–Crippen MR) is 81.3 cm³/mol. The van der Waals surface area contributed by atoms with Gasteiger partial charge in [0.1, 0.15) is 0 Å². The monoisotopic (exact) mass is 280 g/mol. The Kier molecular flexibility index (Phi) is 5.86. The van der Waals surface area contributed by atoms with Gasteiger partial charge < -0.3 is 15.7 Å². The van der Waals surface area contributed by atoms with Gasteiger partial charge in [-0.1, -0.05) is 19.8 Å². The van der Waals surface area contributed by atoms with Crippen LogP contribution in [-0.4, -0.2) is 45.5 Å². The lowest BCUT2D eigenvalue weighted by atomic mass is 9.96. The molecule has 20 heavy (non-hydrogen) atoms. The number of β-amino-alcohol motifs (C(OH)–C–C–N with tert-alkyl or cyclic N) is 1. The summed E-state index contributed by atoms with van der Waals surface area (Å²) in [7, 11) is 0. The molecule has 0 bridgehead atoms. The third-order valence-electron chi connectivity index (χ3n) is 4.16. The van der Waals surface area contributed by atoms with Crippen molar-refractivity contribution < 1.29 is 5.11 Å². The third-order valence-corrected chi connectivity index (χ3v) is 4.16. The van der Waals surface area contributed by atoms with Gasteiger partial charge in [0.05, 0.1) is 24.5 Å². The van der Waals surface area contributed by atoms with Gasteiger partial charge in [0, 0.05) is 12.7 Å². The lowest BCUT2D eigenvalue weighted by Gasteiger charge is -2.23. The summed E-state index contributed by atoms with van der Waals surface area (Å²) in [4.78, 5) is 2.40. The standard InChI is InChI=1S/C15H28N4O/c1-2-4-13-5-3-7-18(8-6-13)11-15(20)12-19-10-14(16)9-17-19/h9-10,13,15,20H,2-8,11-12,16H2,1H3. The van der Waals surface area contributed by atoms with E-state index in [9.17, 15) is 5.11 Å². The molecule has 0 amide bonds. The Labute approximate surface area is 121 Å². The van der Waals surface area contributed by atoms with Crippen molar-refractivity contribution in [1.82, 2.24) is 14.7 Å². The fourth-order valence-electron chi connectivity index (χ4n) is 3.16. The van der Waals surface area contributed by atoms with E-state index in [1.54, 1.807) is 17.1 Å². The molecule has 1 aromatic rings. The van der Waals surface area contributed by atoms with E-state index in [-0.39, 0.29) is 6.10 Å². The first-order chi connectivity index (χ1) is 9.67. The Morgan fingerprint density at radius 2 is 2.25 bits per heavy atom. The van der Waals surface area contributed by atoms with Gasteiger partial charge in [-0.15, -0.1) is 0 Å². The maximum atomic E-state index is 10.2. The third kappa shape index (κ3) is 4.80. The van der Waals surface area contributed by atoms with Crippen molar-refractivity contribution in [2.24, 2.45) is 5.92 Å². The average Bonchev–Trinajstić information content (AvgIpc) is 2.67. The number of hydrogen-bond donors (Lipinski definition) is 2. The van der Waals surface area contributed by atoms with Crippen LogP contribution in [0.25, 0.3) is 0 Å². The van der Waals surface area contributed by atoms with Crippen molar-refractivity contribution in [3.05, 3.63) is 12.4 Å². The summed E-state index contributed by atoms with van der Waals surface area (Å²) in [5.74, 6) is 0.882. The van der Waals surface area contributed by atoms with Crippen LogP contribution in [0.15, 0.2) is 12.4 Å². The molecule has 2 unspecified atom stereocenters. The molecule has 0 saturated carbocycles. The Morgan fingerprint density at radius 1 is 1.40 bits per heavy atom. The molecular formula is C15H28N4O. The van der Waals surface area contributed by atoms with E-state index >= 15 is 0 Å². The number of nitrogens with two attached hydrogens (primary N) is 1. The second-order valence-corrected chi connectivity index (χ2v) is 6.04. The SMILES string of the molecule is CCCC1CCCN(CC(O)Cn2cc(N)cn2)CC1. The maximum Gasteiger partial charge on any atom is 0.0862 e. The van der Waals surface area contributed by atoms with Gasteiger partial charge in [-0.25, -0.2) is 0 Å². The zero-order valence-electron chi connectivity index (χ0n) is 12.5. The van der Waals surface area contributed by atoms with Gasteiger partial charge in [-0.05, 0) is 38.3 Å². The number of aliphatic hydroxyl groups excluding tert-OH is 1. The smallest absolute Gasteiger partial charge is 0.0862 e. The maximum absolute atomic E-state index is 10.2. The molecule has 0 radical (unpaired) electrons.